The van der Waals surface area contributed by atoms with E-state index >= 15 is 0 Å². The normalized spacial score (nSPS) is 12.4. The van der Waals surface area contributed by atoms with E-state index in [4.69, 9.17) is 0 Å². The minimum Gasteiger partial charge on any atom is -0.312 e. The molecule has 0 fully saturated rings. The summed E-state index contributed by atoms with van der Waals surface area (Å²) in [4.78, 5) is 0. The topological polar surface area (TPSA) is 12.0 Å². The Balaban J connectivity index is 0. The van der Waals surface area contributed by atoms with Gasteiger partial charge in [0.15, 0.2) is 0 Å². The summed E-state index contributed by atoms with van der Waals surface area (Å²) in [5, 5.41) is 3.67. The third-order valence-corrected chi connectivity index (χ3v) is 2.83. The minimum absolute atomic E-state index is 0.301. The second kappa shape index (κ2) is 8.97. The van der Waals surface area contributed by atoms with E-state index in [-0.39, 0.29) is 0 Å². The molecule has 1 nitrogen and oxygen atoms in total. The van der Waals surface area contributed by atoms with E-state index < -0.39 is 0 Å². The molecule has 0 bridgehead atoms. The van der Waals surface area contributed by atoms with Crippen LogP contribution in [-0.2, 0) is 0 Å². The quantitative estimate of drug-likeness (QED) is 0.671. The van der Waals surface area contributed by atoms with Crippen molar-refractivity contribution in [3.05, 3.63) is 0 Å². The summed E-state index contributed by atoms with van der Waals surface area (Å²) in [6, 6.07) is 0. The van der Waals surface area contributed by atoms with Crippen LogP contribution in [-0.4, -0.2) is 12.1 Å². The predicted molar refractivity (Wildman–Crippen MR) is 81.6 cm³/mol. The predicted octanol–water partition coefficient (Wildman–Crippen LogP) is 5.25. The largest absolute Gasteiger partial charge is 0.312 e. The SMILES string of the molecule is CC.CC(C)CCC(C)(C)NCCC(C)(C)C. The van der Waals surface area contributed by atoms with Crippen molar-refractivity contribution in [1.82, 2.24) is 5.32 Å². The summed E-state index contributed by atoms with van der Waals surface area (Å²) < 4.78 is 0. The third-order valence-electron chi connectivity index (χ3n) is 2.83. The first-order valence-corrected chi connectivity index (χ1v) is 7.37. The monoisotopic (exact) mass is 243 g/mol. The summed E-state index contributed by atoms with van der Waals surface area (Å²) in [7, 11) is 0. The maximum absolute atomic E-state index is 3.67. The molecule has 0 saturated carbocycles. The molecule has 0 aliphatic rings. The van der Waals surface area contributed by atoms with E-state index in [1.54, 1.807) is 0 Å². The Morgan fingerprint density at radius 1 is 0.882 bits per heavy atom. The van der Waals surface area contributed by atoms with Crippen molar-refractivity contribution in [3.8, 4) is 0 Å². The fourth-order valence-electron chi connectivity index (χ4n) is 1.51. The molecular weight excluding hydrogens is 206 g/mol. The van der Waals surface area contributed by atoms with E-state index in [1.807, 2.05) is 13.8 Å². The first-order valence-electron chi connectivity index (χ1n) is 7.37. The first-order chi connectivity index (χ1) is 7.62. The molecule has 0 unspecified atom stereocenters. The molecule has 0 aliphatic heterocycles. The van der Waals surface area contributed by atoms with Crippen LogP contribution in [0.4, 0.5) is 0 Å². The van der Waals surface area contributed by atoms with Crippen LogP contribution in [0, 0.1) is 11.3 Å². The Morgan fingerprint density at radius 3 is 1.71 bits per heavy atom. The van der Waals surface area contributed by atoms with Crippen molar-refractivity contribution in [2.45, 2.75) is 87.1 Å². The molecule has 0 aromatic carbocycles. The van der Waals surface area contributed by atoms with Gasteiger partial charge in [-0.3, -0.25) is 0 Å². The lowest BCUT2D eigenvalue weighted by atomic mass is 9.90. The van der Waals surface area contributed by atoms with Gasteiger partial charge in [-0.2, -0.15) is 0 Å². The van der Waals surface area contributed by atoms with Gasteiger partial charge < -0.3 is 5.32 Å². The van der Waals surface area contributed by atoms with E-state index in [0.717, 1.165) is 12.5 Å². The first kappa shape index (κ1) is 19.3. The Labute approximate surface area is 111 Å². The van der Waals surface area contributed by atoms with Gasteiger partial charge in [0, 0.05) is 5.54 Å². The van der Waals surface area contributed by atoms with Gasteiger partial charge in [-0.05, 0) is 51.0 Å². The molecule has 0 aromatic heterocycles. The van der Waals surface area contributed by atoms with Crippen molar-refractivity contribution >= 4 is 0 Å². The molecular formula is C16H37N. The van der Waals surface area contributed by atoms with E-state index in [2.05, 4.69) is 53.8 Å². The summed E-state index contributed by atoms with van der Waals surface area (Å²) in [5.41, 5.74) is 0.747. The van der Waals surface area contributed by atoms with Crippen LogP contribution in [0.2, 0.25) is 0 Å². The number of hydrogen-bond donors (Lipinski definition) is 1. The average molecular weight is 243 g/mol. The van der Waals surface area contributed by atoms with Gasteiger partial charge in [-0.25, -0.2) is 0 Å². The van der Waals surface area contributed by atoms with Crippen LogP contribution < -0.4 is 5.32 Å². The third kappa shape index (κ3) is 16.0. The molecule has 0 spiro atoms. The maximum atomic E-state index is 3.67. The zero-order valence-corrected chi connectivity index (χ0v) is 13.9. The molecule has 106 valence electrons. The Hall–Kier alpha value is -0.0400. The van der Waals surface area contributed by atoms with E-state index in [0.29, 0.717) is 11.0 Å². The number of rotatable bonds is 6. The summed E-state index contributed by atoms with van der Waals surface area (Å²) in [6.45, 7) is 21.3. The second-order valence-corrected chi connectivity index (χ2v) is 7.05. The zero-order chi connectivity index (χ0) is 14.1. The lowest BCUT2D eigenvalue weighted by molar-refractivity contribution is 0.295. The lowest BCUT2D eigenvalue weighted by Crippen LogP contribution is -2.40. The van der Waals surface area contributed by atoms with Crippen LogP contribution >= 0.6 is 0 Å². The molecule has 0 aromatic rings. The fourth-order valence-corrected chi connectivity index (χ4v) is 1.51. The highest BCUT2D eigenvalue weighted by Crippen LogP contribution is 2.20. The maximum Gasteiger partial charge on any atom is 0.0125 e. The Kier molecular flexibility index (Phi) is 10.2. The molecule has 0 atom stereocenters. The minimum atomic E-state index is 0.301. The average Bonchev–Trinajstić information content (AvgIpc) is 2.16. The van der Waals surface area contributed by atoms with Crippen LogP contribution in [0.3, 0.4) is 0 Å². The Morgan fingerprint density at radius 2 is 1.35 bits per heavy atom. The summed E-state index contributed by atoms with van der Waals surface area (Å²) in [6.07, 6.45) is 3.84. The van der Waals surface area contributed by atoms with E-state index in [9.17, 15) is 0 Å². The van der Waals surface area contributed by atoms with Gasteiger partial charge in [0.05, 0.1) is 0 Å². The lowest BCUT2D eigenvalue weighted by Gasteiger charge is -2.29. The van der Waals surface area contributed by atoms with Gasteiger partial charge in [-0.15, -0.1) is 0 Å². The van der Waals surface area contributed by atoms with Gasteiger partial charge in [0.1, 0.15) is 0 Å². The van der Waals surface area contributed by atoms with Gasteiger partial charge >= 0.3 is 0 Å². The standard InChI is InChI=1S/C14H31N.C2H6/c1-12(2)8-9-14(6,7)15-11-10-13(3,4)5;1-2/h12,15H,8-11H2,1-7H3;1-2H3. The molecule has 1 N–H and O–H groups in total. The molecule has 0 amide bonds. The molecule has 0 radical (unpaired) electrons. The van der Waals surface area contributed by atoms with Crippen LogP contribution in [0.1, 0.15) is 81.6 Å². The number of hydrogen-bond acceptors (Lipinski definition) is 1. The second-order valence-electron chi connectivity index (χ2n) is 7.05. The molecule has 17 heavy (non-hydrogen) atoms. The highest BCUT2D eigenvalue weighted by molar-refractivity contribution is 4.78. The highest BCUT2D eigenvalue weighted by Gasteiger charge is 2.18. The van der Waals surface area contributed by atoms with Gasteiger partial charge in [0.25, 0.3) is 0 Å². The van der Waals surface area contributed by atoms with Crippen molar-refractivity contribution < 1.29 is 0 Å². The fraction of sp³-hybridized carbons (Fsp3) is 1.00. The molecule has 1 heteroatoms. The van der Waals surface area contributed by atoms with Crippen molar-refractivity contribution in [3.63, 3.8) is 0 Å². The van der Waals surface area contributed by atoms with Crippen molar-refractivity contribution in [2.24, 2.45) is 11.3 Å². The Bertz CT molecular complexity index is 163. The van der Waals surface area contributed by atoms with Gasteiger partial charge in [-0.1, -0.05) is 48.5 Å². The van der Waals surface area contributed by atoms with Crippen LogP contribution in [0.15, 0.2) is 0 Å². The smallest absolute Gasteiger partial charge is 0.0125 e. The molecule has 0 aliphatic carbocycles. The number of nitrogens with one attached hydrogen (secondary N) is 1. The molecule has 0 rings (SSSR count). The van der Waals surface area contributed by atoms with Crippen LogP contribution in [0.5, 0.6) is 0 Å². The van der Waals surface area contributed by atoms with Gasteiger partial charge in [0.2, 0.25) is 0 Å². The highest BCUT2D eigenvalue weighted by atomic mass is 14.9. The summed E-state index contributed by atoms with van der Waals surface area (Å²) in [5.74, 6) is 0.814. The van der Waals surface area contributed by atoms with Crippen LogP contribution in [0.25, 0.3) is 0 Å². The summed E-state index contributed by atoms with van der Waals surface area (Å²) >= 11 is 0. The molecule has 0 heterocycles. The van der Waals surface area contributed by atoms with Crippen molar-refractivity contribution in [2.75, 3.05) is 6.54 Å². The zero-order valence-electron chi connectivity index (χ0n) is 13.9. The van der Waals surface area contributed by atoms with E-state index in [1.165, 1.54) is 19.3 Å². The van der Waals surface area contributed by atoms with Crippen molar-refractivity contribution in [1.29, 1.82) is 0 Å². The molecule has 0 saturated heterocycles.